The van der Waals surface area contributed by atoms with Gasteiger partial charge in [0.2, 0.25) is 0 Å². The quantitative estimate of drug-likeness (QED) is 0.580. The molecule has 0 aliphatic rings. The van der Waals surface area contributed by atoms with Gasteiger partial charge in [0, 0.05) is 0 Å². The van der Waals surface area contributed by atoms with E-state index in [1.807, 2.05) is 13.8 Å². The maximum atomic E-state index is 10.6. The molecule has 0 rings (SSSR count). The Morgan fingerprint density at radius 1 is 1.21 bits per heavy atom. The van der Waals surface area contributed by atoms with Gasteiger partial charge in [-0.1, -0.05) is 45.2 Å². The van der Waals surface area contributed by atoms with Gasteiger partial charge in [0.1, 0.15) is 0 Å². The van der Waals surface area contributed by atoms with Gasteiger partial charge in [0.25, 0.3) is 10.1 Å². The summed E-state index contributed by atoms with van der Waals surface area (Å²) in [6, 6.07) is 0. The third-order valence-electron chi connectivity index (χ3n) is 0.977. The van der Waals surface area contributed by atoms with E-state index in [2.05, 4.69) is 13.2 Å². The van der Waals surface area contributed by atoms with Crippen molar-refractivity contribution in [3.05, 3.63) is 48.4 Å². The molecule has 0 aliphatic carbocycles. The minimum Gasteiger partial charge on any atom is -0.282 e. The molecule has 0 heterocycles. The molecular formula is C10H16O3S. The van der Waals surface area contributed by atoms with Crippen molar-refractivity contribution in [3.63, 3.8) is 0 Å². The highest BCUT2D eigenvalue weighted by atomic mass is 32.2. The second-order valence-electron chi connectivity index (χ2n) is 1.87. The Morgan fingerprint density at radius 2 is 1.71 bits per heavy atom. The van der Waals surface area contributed by atoms with Crippen LogP contribution in [0.25, 0.3) is 0 Å². The predicted molar refractivity (Wildman–Crippen MR) is 60.5 cm³/mol. The van der Waals surface area contributed by atoms with Crippen LogP contribution >= 0.6 is 0 Å². The second kappa shape index (κ2) is 8.47. The van der Waals surface area contributed by atoms with Crippen molar-refractivity contribution in [2.45, 2.75) is 13.8 Å². The first-order chi connectivity index (χ1) is 6.52. The van der Waals surface area contributed by atoms with Crippen LogP contribution in [0.1, 0.15) is 13.8 Å². The first-order valence-corrected chi connectivity index (χ1v) is 5.55. The monoisotopic (exact) mass is 216 g/mol. The minimum absolute atomic E-state index is 0.211. The Hall–Kier alpha value is -1.13. The Bertz CT molecular complexity index is 321. The van der Waals surface area contributed by atoms with Crippen LogP contribution in [0.2, 0.25) is 0 Å². The summed E-state index contributed by atoms with van der Waals surface area (Å²) >= 11 is 0. The summed E-state index contributed by atoms with van der Waals surface area (Å²) in [4.78, 5) is -0.211. The van der Waals surface area contributed by atoms with E-state index in [-0.39, 0.29) is 4.91 Å². The Labute approximate surface area is 85.9 Å². The smallest absolute Gasteiger partial charge is 0.282 e. The fraction of sp³-hybridized carbons (Fsp3) is 0.200. The van der Waals surface area contributed by atoms with Gasteiger partial charge >= 0.3 is 0 Å². The average molecular weight is 216 g/mol. The largest absolute Gasteiger partial charge is 0.294 e. The molecule has 0 aromatic heterocycles. The van der Waals surface area contributed by atoms with Crippen molar-refractivity contribution >= 4 is 10.1 Å². The molecule has 0 aliphatic heterocycles. The lowest BCUT2D eigenvalue weighted by atomic mass is 10.4. The van der Waals surface area contributed by atoms with Gasteiger partial charge in [-0.2, -0.15) is 8.42 Å². The molecule has 0 unspecified atom stereocenters. The molecule has 0 fully saturated rings. The lowest BCUT2D eigenvalue weighted by molar-refractivity contribution is 0.492. The summed E-state index contributed by atoms with van der Waals surface area (Å²) in [5, 5.41) is 0. The van der Waals surface area contributed by atoms with Gasteiger partial charge in [-0.05, 0) is 12.2 Å². The highest BCUT2D eigenvalue weighted by Crippen LogP contribution is 2.05. The summed E-state index contributed by atoms with van der Waals surface area (Å²) in [6.45, 7) is 10.7. The van der Waals surface area contributed by atoms with Crippen LogP contribution in [-0.4, -0.2) is 13.0 Å². The van der Waals surface area contributed by atoms with Crippen molar-refractivity contribution < 1.29 is 13.0 Å². The van der Waals surface area contributed by atoms with E-state index in [9.17, 15) is 8.42 Å². The second-order valence-corrected chi connectivity index (χ2v) is 3.30. The zero-order valence-electron chi connectivity index (χ0n) is 8.47. The topological polar surface area (TPSA) is 54.4 Å². The maximum Gasteiger partial charge on any atom is 0.294 e. The molecule has 1 N–H and O–H groups in total. The summed E-state index contributed by atoms with van der Waals surface area (Å²) < 4.78 is 29.8. The van der Waals surface area contributed by atoms with Crippen LogP contribution in [0.5, 0.6) is 0 Å². The number of hydrogen-bond donors (Lipinski definition) is 1. The van der Waals surface area contributed by atoms with E-state index < -0.39 is 10.1 Å². The lowest BCUT2D eigenvalue weighted by Gasteiger charge is -1.93. The Balaban J connectivity index is 0. The number of rotatable bonds is 4. The summed E-state index contributed by atoms with van der Waals surface area (Å²) in [5.74, 6) is 0. The highest BCUT2D eigenvalue weighted by molar-refractivity contribution is 7.90. The maximum absolute atomic E-state index is 10.6. The van der Waals surface area contributed by atoms with Crippen LogP contribution < -0.4 is 0 Å². The van der Waals surface area contributed by atoms with Gasteiger partial charge in [0.05, 0.1) is 4.91 Å². The molecular weight excluding hydrogens is 200 g/mol. The van der Waals surface area contributed by atoms with Crippen molar-refractivity contribution in [1.29, 1.82) is 0 Å². The molecule has 80 valence electrons. The number of allylic oxidation sites excluding steroid dienone is 5. The van der Waals surface area contributed by atoms with Gasteiger partial charge in [-0.15, -0.1) is 0 Å². The van der Waals surface area contributed by atoms with Crippen LogP contribution in [0, 0.1) is 0 Å². The molecule has 0 atom stereocenters. The summed E-state index contributed by atoms with van der Waals surface area (Å²) in [5.41, 5.74) is 0. The Morgan fingerprint density at radius 3 is 2.00 bits per heavy atom. The van der Waals surface area contributed by atoms with E-state index in [0.29, 0.717) is 0 Å². The minimum atomic E-state index is -4.14. The molecule has 0 bridgehead atoms. The summed E-state index contributed by atoms with van der Waals surface area (Å²) in [7, 11) is -4.14. The fourth-order valence-corrected chi connectivity index (χ4v) is 1.03. The van der Waals surface area contributed by atoms with Gasteiger partial charge in [0.15, 0.2) is 0 Å². The zero-order chi connectivity index (χ0) is 11.6. The normalized spacial score (nSPS) is 11.8. The van der Waals surface area contributed by atoms with Crippen LogP contribution in [0.3, 0.4) is 0 Å². The third-order valence-corrected chi connectivity index (χ3v) is 1.84. The van der Waals surface area contributed by atoms with E-state index in [4.69, 9.17) is 4.55 Å². The molecule has 0 aromatic carbocycles. The standard InChI is InChI=1S/C8H10O3S.C2H6/c1-3-5-7-8(6-4-2)12(9,10)11;1-2/h3-7H,1-2H2,(H,9,10,11);1-2H3/b7-5-,8-6+;. The lowest BCUT2D eigenvalue weighted by Crippen LogP contribution is -1.98. The first-order valence-electron chi connectivity index (χ1n) is 4.11. The van der Waals surface area contributed by atoms with E-state index in [0.717, 1.165) is 0 Å². The molecule has 0 spiro atoms. The zero-order valence-corrected chi connectivity index (χ0v) is 9.29. The van der Waals surface area contributed by atoms with Crippen LogP contribution in [0.4, 0.5) is 0 Å². The average Bonchev–Trinajstić information content (AvgIpc) is 2.14. The molecule has 0 radical (unpaired) electrons. The van der Waals surface area contributed by atoms with E-state index in [1.165, 1.54) is 30.4 Å². The van der Waals surface area contributed by atoms with Crippen molar-refractivity contribution in [2.75, 3.05) is 0 Å². The molecule has 0 amide bonds. The molecule has 0 aromatic rings. The van der Waals surface area contributed by atoms with Crippen LogP contribution in [0.15, 0.2) is 48.4 Å². The fourth-order valence-electron chi connectivity index (χ4n) is 0.507. The molecule has 3 nitrogen and oxygen atoms in total. The molecule has 0 saturated carbocycles. The van der Waals surface area contributed by atoms with Crippen molar-refractivity contribution in [1.82, 2.24) is 0 Å². The molecule has 14 heavy (non-hydrogen) atoms. The third kappa shape index (κ3) is 7.52. The van der Waals surface area contributed by atoms with Gasteiger partial charge < -0.3 is 0 Å². The molecule has 4 heteroatoms. The van der Waals surface area contributed by atoms with E-state index in [1.54, 1.807) is 0 Å². The Kier molecular flexibility index (Phi) is 9.28. The SMILES string of the molecule is C=C/C=C\C(=C/C=C)S(=O)(=O)O.CC. The predicted octanol–water partition coefficient (Wildman–Crippen LogP) is 2.71. The van der Waals surface area contributed by atoms with Crippen LogP contribution in [-0.2, 0) is 10.1 Å². The van der Waals surface area contributed by atoms with E-state index >= 15 is 0 Å². The number of hydrogen-bond acceptors (Lipinski definition) is 2. The van der Waals surface area contributed by atoms with Crippen molar-refractivity contribution in [3.8, 4) is 0 Å². The highest BCUT2D eigenvalue weighted by Gasteiger charge is 2.07. The van der Waals surface area contributed by atoms with Gasteiger partial charge in [-0.3, -0.25) is 4.55 Å². The van der Waals surface area contributed by atoms with Crippen molar-refractivity contribution in [2.24, 2.45) is 0 Å². The molecule has 0 saturated heterocycles. The summed E-state index contributed by atoms with van der Waals surface area (Å²) in [6.07, 6.45) is 6.50. The first kappa shape index (κ1) is 15.3. The van der Waals surface area contributed by atoms with Gasteiger partial charge in [-0.25, -0.2) is 0 Å².